The van der Waals surface area contributed by atoms with Crippen molar-refractivity contribution in [2.75, 3.05) is 12.8 Å². The molecule has 0 aromatic carbocycles. The first-order valence-corrected chi connectivity index (χ1v) is 4.91. The maximum atomic E-state index is 11.7. The van der Waals surface area contributed by atoms with Crippen molar-refractivity contribution in [1.29, 1.82) is 0 Å². The minimum absolute atomic E-state index is 0.0173. The minimum atomic E-state index is -4.85. The number of ketones is 1. The monoisotopic (exact) mass is 229 g/mol. The summed E-state index contributed by atoms with van der Waals surface area (Å²) in [5, 5.41) is 0. The van der Waals surface area contributed by atoms with Gasteiger partial charge in [-0.2, -0.15) is 13.2 Å². The van der Waals surface area contributed by atoms with Gasteiger partial charge in [0.2, 0.25) is 0 Å². The zero-order valence-electron chi connectivity index (χ0n) is 7.52. The fourth-order valence-corrected chi connectivity index (χ4v) is 1.11. The Balaban J connectivity index is 4.04. The Morgan fingerprint density at radius 3 is 2.57 bits per heavy atom. The summed E-state index contributed by atoms with van der Waals surface area (Å²) in [5.74, 6) is -1.93. The highest BCUT2D eigenvalue weighted by atomic mass is 31.1. The number of allylic oxidation sites excluding steroid dienone is 2. The van der Waals surface area contributed by atoms with Crippen LogP contribution < -0.4 is 5.73 Å². The van der Waals surface area contributed by atoms with Crippen molar-refractivity contribution in [3.05, 3.63) is 11.8 Å². The average Bonchev–Trinajstić information content (AvgIpc) is 2.03. The Bertz CT molecular complexity index is 227. The average molecular weight is 229 g/mol. The van der Waals surface area contributed by atoms with E-state index in [2.05, 4.69) is 0 Å². The molecular formula is C7H11F3NO2P. The number of carbonyl (C=O) groups is 1. The van der Waals surface area contributed by atoms with Crippen molar-refractivity contribution in [3.63, 3.8) is 0 Å². The topological polar surface area (TPSA) is 52.3 Å². The highest BCUT2D eigenvalue weighted by Gasteiger charge is 2.36. The normalized spacial score (nSPS) is 13.9. The van der Waals surface area contributed by atoms with Gasteiger partial charge in [-0.1, -0.05) is 0 Å². The summed E-state index contributed by atoms with van der Waals surface area (Å²) in [5.41, 5.74) is 5.07. The van der Waals surface area contributed by atoms with E-state index in [1.54, 1.807) is 6.92 Å². The van der Waals surface area contributed by atoms with E-state index in [9.17, 15) is 18.0 Å². The number of hydrogen-bond acceptors (Lipinski definition) is 3. The van der Waals surface area contributed by atoms with E-state index >= 15 is 0 Å². The molecule has 82 valence electrons. The molecule has 0 aromatic rings. The van der Waals surface area contributed by atoms with Crippen LogP contribution in [0.1, 0.15) is 6.92 Å². The molecule has 0 aliphatic carbocycles. The lowest BCUT2D eigenvalue weighted by molar-refractivity contribution is -0.165. The van der Waals surface area contributed by atoms with E-state index in [-0.39, 0.29) is 20.7 Å². The summed E-state index contributed by atoms with van der Waals surface area (Å²) >= 11 is 0. The molecule has 0 radical (unpaired) electrons. The predicted octanol–water partition coefficient (Wildman–Crippen LogP) is 1.59. The van der Waals surface area contributed by atoms with Gasteiger partial charge in [0.1, 0.15) is 0 Å². The lowest BCUT2D eigenvalue weighted by Gasteiger charge is -2.03. The van der Waals surface area contributed by atoms with Crippen molar-refractivity contribution >= 4 is 14.6 Å². The van der Waals surface area contributed by atoms with Gasteiger partial charge in [0.25, 0.3) is 5.78 Å². The van der Waals surface area contributed by atoms with Crippen LogP contribution in [0, 0.1) is 0 Å². The van der Waals surface area contributed by atoms with Gasteiger partial charge in [-0.05, 0) is 6.92 Å². The summed E-state index contributed by atoms with van der Waals surface area (Å²) in [4.78, 5) is 10.4. The highest BCUT2D eigenvalue weighted by Crippen LogP contribution is 2.18. The van der Waals surface area contributed by atoms with E-state index in [0.29, 0.717) is 12.7 Å². The molecule has 0 spiro atoms. The zero-order chi connectivity index (χ0) is 11.2. The smallest absolute Gasteiger partial charge is 0.402 e. The standard InChI is InChI=1S/C7H11F3NO2P/c1-2-13-14-4-5(11)3-6(12)7(8,9)10/h3,14H,2,4,11H2,1H3. The molecule has 14 heavy (non-hydrogen) atoms. The largest absolute Gasteiger partial charge is 0.454 e. The maximum Gasteiger partial charge on any atom is 0.454 e. The molecule has 0 aliphatic heterocycles. The van der Waals surface area contributed by atoms with Crippen LogP contribution in [0.25, 0.3) is 0 Å². The lowest BCUT2D eigenvalue weighted by atomic mass is 10.3. The van der Waals surface area contributed by atoms with Crippen LogP contribution in [0.5, 0.6) is 0 Å². The van der Waals surface area contributed by atoms with Gasteiger partial charge in [0, 0.05) is 33.3 Å². The Morgan fingerprint density at radius 2 is 2.14 bits per heavy atom. The van der Waals surface area contributed by atoms with Crippen LogP contribution in [0.2, 0.25) is 0 Å². The van der Waals surface area contributed by atoms with Crippen molar-refractivity contribution in [2.24, 2.45) is 5.73 Å². The van der Waals surface area contributed by atoms with Crippen LogP contribution in [0.15, 0.2) is 11.8 Å². The summed E-state index contributed by atoms with van der Waals surface area (Å²) in [7, 11) is -0.0173. The van der Waals surface area contributed by atoms with E-state index < -0.39 is 12.0 Å². The summed E-state index contributed by atoms with van der Waals surface area (Å²) < 4.78 is 40.0. The molecule has 0 heterocycles. The first-order valence-electron chi connectivity index (χ1n) is 3.79. The second kappa shape index (κ2) is 5.98. The van der Waals surface area contributed by atoms with Gasteiger partial charge in [-0.15, -0.1) is 0 Å². The molecule has 0 rings (SSSR count). The van der Waals surface area contributed by atoms with E-state index in [1.165, 1.54) is 0 Å². The number of alkyl halides is 3. The number of halogens is 3. The van der Waals surface area contributed by atoms with Crippen LogP contribution in [0.4, 0.5) is 13.2 Å². The summed E-state index contributed by atoms with van der Waals surface area (Å²) in [6.07, 6.45) is -4.30. The number of carbonyl (C=O) groups excluding carboxylic acids is 1. The van der Waals surface area contributed by atoms with Gasteiger partial charge in [0.05, 0.1) is 0 Å². The molecule has 0 fully saturated rings. The van der Waals surface area contributed by atoms with Gasteiger partial charge in [0.15, 0.2) is 0 Å². The van der Waals surface area contributed by atoms with Crippen molar-refractivity contribution in [2.45, 2.75) is 13.1 Å². The number of rotatable bonds is 5. The van der Waals surface area contributed by atoms with Crippen LogP contribution in [0.3, 0.4) is 0 Å². The van der Waals surface area contributed by atoms with Crippen LogP contribution in [-0.2, 0) is 9.32 Å². The maximum absolute atomic E-state index is 11.7. The molecule has 1 atom stereocenters. The molecule has 0 aliphatic rings. The third-order valence-corrected chi connectivity index (χ3v) is 2.16. The first kappa shape index (κ1) is 13.4. The molecule has 0 amide bonds. The molecule has 7 heteroatoms. The number of hydrogen-bond donors (Lipinski definition) is 1. The minimum Gasteiger partial charge on any atom is -0.402 e. The molecule has 0 aromatic heterocycles. The second-order valence-electron chi connectivity index (χ2n) is 2.34. The fourth-order valence-electron chi connectivity index (χ4n) is 0.538. The zero-order valence-corrected chi connectivity index (χ0v) is 8.52. The van der Waals surface area contributed by atoms with E-state index in [0.717, 1.165) is 0 Å². The van der Waals surface area contributed by atoms with Crippen molar-refractivity contribution in [3.8, 4) is 0 Å². The fraction of sp³-hybridized carbons (Fsp3) is 0.571. The first-order chi connectivity index (χ1) is 6.38. The second-order valence-corrected chi connectivity index (χ2v) is 3.27. The van der Waals surface area contributed by atoms with E-state index in [1.807, 2.05) is 0 Å². The predicted molar refractivity (Wildman–Crippen MR) is 48.1 cm³/mol. The van der Waals surface area contributed by atoms with Gasteiger partial charge in [-0.25, -0.2) is 0 Å². The number of nitrogens with two attached hydrogens (primary N) is 1. The molecular weight excluding hydrogens is 218 g/mol. The molecule has 1 unspecified atom stereocenters. The summed E-state index contributed by atoms with van der Waals surface area (Å²) in [6.45, 7) is 2.23. The third-order valence-electron chi connectivity index (χ3n) is 1.12. The Labute approximate surface area is 81.4 Å². The SMILES string of the molecule is CCOPCC(N)=CC(=O)C(F)(F)F. The lowest BCUT2D eigenvalue weighted by Crippen LogP contribution is -2.21. The van der Waals surface area contributed by atoms with Crippen molar-refractivity contribution < 1.29 is 22.5 Å². The molecule has 0 saturated heterocycles. The highest BCUT2D eigenvalue weighted by molar-refractivity contribution is 7.32. The van der Waals surface area contributed by atoms with Gasteiger partial charge < -0.3 is 10.3 Å². The molecule has 0 saturated carbocycles. The molecule has 3 nitrogen and oxygen atoms in total. The molecule has 0 bridgehead atoms. The Morgan fingerprint density at radius 1 is 1.57 bits per heavy atom. The van der Waals surface area contributed by atoms with Crippen LogP contribution in [-0.4, -0.2) is 24.7 Å². The quantitative estimate of drug-likeness (QED) is 0.442. The third kappa shape index (κ3) is 5.94. The summed E-state index contributed by atoms with van der Waals surface area (Å²) in [6, 6.07) is 0. The van der Waals surface area contributed by atoms with Gasteiger partial charge in [-0.3, -0.25) is 4.79 Å². The van der Waals surface area contributed by atoms with Crippen LogP contribution >= 0.6 is 8.81 Å². The Hall–Kier alpha value is -0.610. The van der Waals surface area contributed by atoms with Crippen molar-refractivity contribution in [1.82, 2.24) is 0 Å². The Kier molecular flexibility index (Phi) is 5.72. The van der Waals surface area contributed by atoms with E-state index in [4.69, 9.17) is 10.3 Å². The molecule has 2 N–H and O–H groups in total. The van der Waals surface area contributed by atoms with Gasteiger partial charge >= 0.3 is 6.18 Å².